The van der Waals surface area contributed by atoms with Crippen LogP contribution >= 0.6 is 0 Å². The van der Waals surface area contributed by atoms with Gasteiger partial charge in [0, 0.05) is 0 Å². The molecule has 0 unspecified atom stereocenters. The second-order valence-electron chi connectivity index (χ2n) is 12.3. The molecular weight excluding hydrogens is 488 g/mol. The van der Waals surface area contributed by atoms with Crippen LogP contribution in [0.3, 0.4) is 0 Å². The highest BCUT2D eigenvalue weighted by Crippen LogP contribution is 2.44. The van der Waals surface area contributed by atoms with E-state index in [1.165, 1.54) is 139 Å². The molecule has 1 aliphatic carbocycles. The lowest BCUT2D eigenvalue weighted by atomic mass is 9.99. The highest BCUT2D eigenvalue weighted by atomic mass is 16.3. The normalized spacial score (nSPS) is 13.0. The van der Waals surface area contributed by atoms with Crippen LogP contribution in [0.25, 0.3) is 11.1 Å². The largest absolute Gasteiger partial charge is 0.384 e. The highest BCUT2D eigenvalue weighted by Gasteiger charge is 2.27. The Hall–Kier alpha value is -1.68. The first-order chi connectivity index (χ1) is 19.6. The number of rotatable bonds is 22. The van der Waals surface area contributed by atoms with Crippen molar-refractivity contribution in [1.29, 1.82) is 0 Å². The molecule has 3 heteroatoms. The van der Waals surface area contributed by atoms with Crippen LogP contribution in [0.1, 0.15) is 133 Å². The van der Waals surface area contributed by atoms with Gasteiger partial charge in [0.25, 0.3) is 0 Å². The Bertz CT molecular complexity index is 877. The maximum Gasteiger partial charge on any atom is 0.105 e. The molecule has 2 aromatic rings. The molecular formula is C37H60N2O. The van der Waals surface area contributed by atoms with Crippen molar-refractivity contribution < 1.29 is 5.11 Å². The Morgan fingerprint density at radius 3 is 1.20 bits per heavy atom. The fraction of sp³-hybridized carbons (Fsp3) is 0.676. The lowest BCUT2D eigenvalue weighted by molar-refractivity contribution is 0.225. The van der Waals surface area contributed by atoms with Gasteiger partial charge in [-0.05, 0) is 137 Å². The Morgan fingerprint density at radius 2 is 0.850 bits per heavy atom. The molecule has 0 heterocycles. The third kappa shape index (κ3) is 10.3. The first-order valence-corrected chi connectivity index (χ1v) is 17.0. The molecule has 224 valence electrons. The molecule has 0 saturated heterocycles. The van der Waals surface area contributed by atoms with Crippen LogP contribution in [0.2, 0.25) is 0 Å². The minimum Gasteiger partial charge on any atom is -0.384 e. The van der Waals surface area contributed by atoms with Gasteiger partial charge in [0.1, 0.15) is 6.10 Å². The van der Waals surface area contributed by atoms with Gasteiger partial charge in [0.05, 0.1) is 0 Å². The fourth-order valence-electron chi connectivity index (χ4n) is 6.17. The number of aryl methyl sites for hydroxylation is 2. The van der Waals surface area contributed by atoms with E-state index in [-0.39, 0.29) is 0 Å². The van der Waals surface area contributed by atoms with Gasteiger partial charge in [0.15, 0.2) is 0 Å². The van der Waals surface area contributed by atoms with Crippen LogP contribution < -0.4 is 0 Å². The highest BCUT2D eigenvalue weighted by molar-refractivity contribution is 5.78. The molecule has 2 aromatic carbocycles. The van der Waals surface area contributed by atoms with Crippen molar-refractivity contribution in [2.45, 2.75) is 124 Å². The minimum absolute atomic E-state index is 0.484. The molecule has 0 aliphatic heterocycles. The summed E-state index contributed by atoms with van der Waals surface area (Å²) in [5.74, 6) is 0. The number of hydrogen-bond donors (Lipinski definition) is 1. The van der Waals surface area contributed by atoms with E-state index >= 15 is 0 Å². The zero-order valence-corrected chi connectivity index (χ0v) is 26.5. The van der Waals surface area contributed by atoms with Crippen LogP contribution in [0.15, 0.2) is 36.4 Å². The molecule has 0 spiro atoms. The average Bonchev–Trinajstić information content (AvgIpc) is 3.25. The maximum absolute atomic E-state index is 11.3. The Morgan fingerprint density at radius 1 is 0.500 bits per heavy atom. The third-order valence-electron chi connectivity index (χ3n) is 8.80. The molecule has 0 radical (unpaired) electrons. The van der Waals surface area contributed by atoms with E-state index in [1.54, 1.807) is 0 Å². The predicted molar refractivity (Wildman–Crippen MR) is 174 cm³/mol. The third-order valence-corrected chi connectivity index (χ3v) is 8.80. The predicted octanol–water partition coefficient (Wildman–Crippen LogP) is 9.20. The van der Waals surface area contributed by atoms with Gasteiger partial charge in [-0.2, -0.15) is 0 Å². The molecule has 0 amide bonds. The van der Waals surface area contributed by atoms with E-state index in [0.29, 0.717) is 0 Å². The van der Waals surface area contributed by atoms with Crippen molar-refractivity contribution in [2.75, 3.05) is 39.3 Å². The van der Waals surface area contributed by atoms with Crippen LogP contribution in [0.5, 0.6) is 0 Å². The minimum atomic E-state index is -0.484. The van der Waals surface area contributed by atoms with Gasteiger partial charge in [-0.1, -0.05) is 89.8 Å². The fourth-order valence-corrected chi connectivity index (χ4v) is 6.17. The SMILES string of the molecule is CCCCN(CCCC)CCCCc1ccc2c(c1)C(O)c1cc(CCCCN(CCCC)CCCC)ccc1-2. The zero-order chi connectivity index (χ0) is 28.6. The number of unbranched alkanes of at least 4 members (excludes halogenated alkanes) is 6. The summed E-state index contributed by atoms with van der Waals surface area (Å²) in [7, 11) is 0. The van der Waals surface area contributed by atoms with Gasteiger partial charge in [-0.3, -0.25) is 0 Å². The molecule has 1 aliphatic rings. The standard InChI is InChI=1S/C37H60N2O/c1-5-9-23-38(24-10-6-2)27-15-13-17-31-19-21-33-34-22-20-32(30-36(34)37(40)35(33)29-31)18-14-16-28-39(25-11-7-3)26-12-8-4/h19-22,29-30,37,40H,5-18,23-28H2,1-4H3. The molecule has 0 atom stereocenters. The van der Waals surface area contributed by atoms with Gasteiger partial charge in [-0.25, -0.2) is 0 Å². The van der Waals surface area contributed by atoms with Crippen LogP contribution in [0, 0.1) is 0 Å². The number of aliphatic hydroxyl groups excluding tert-OH is 1. The number of aliphatic hydroxyl groups is 1. The Kier molecular flexibility index (Phi) is 15.3. The van der Waals surface area contributed by atoms with Gasteiger partial charge < -0.3 is 14.9 Å². The van der Waals surface area contributed by atoms with Crippen molar-refractivity contribution >= 4 is 0 Å². The van der Waals surface area contributed by atoms with Crippen molar-refractivity contribution in [3.8, 4) is 11.1 Å². The molecule has 3 rings (SSSR count). The number of nitrogens with zero attached hydrogens (tertiary/aromatic N) is 2. The monoisotopic (exact) mass is 548 g/mol. The van der Waals surface area contributed by atoms with Gasteiger partial charge >= 0.3 is 0 Å². The molecule has 0 aromatic heterocycles. The average molecular weight is 549 g/mol. The van der Waals surface area contributed by atoms with E-state index in [4.69, 9.17) is 0 Å². The topological polar surface area (TPSA) is 26.7 Å². The van der Waals surface area contributed by atoms with Gasteiger partial charge in [0.2, 0.25) is 0 Å². The number of fused-ring (bicyclic) bond motifs is 3. The summed E-state index contributed by atoms with van der Waals surface area (Å²) >= 11 is 0. The molecule has 0 bridgehead atoms. The van der Waals surface area contributed by atoms with E-state index in [9.17, 15) is 5.11 Å². The first-order valence-electron chi connectivity index (χ1n) is 17.0. The molecule has 0 fully saturated rings. The Labute approximate surface area is 247 Å². The summed E-state index contributed by atoms with van der Waals surface area (Å²) in [6, 6.07) is 13.7. The molecule has 3 nitrogen and oxygen atoms in total. The maximum atomic E-state index is 11.3. The van der Waals surface area contributed by atoms with Crippen LogP contribution in [-0.4, -0.2) is 54.2 Å². The summed E-state index contributed by atoms with van der Waals surface area (Å²) in [4.78, 5) is 5.34. The van der Waals surface area contributed by atoms with Crippen molar-refractivity contribution in [1.82, 2.24) is 9.80 Å². The number of benzene rings is 2. The van der Waals surface area contributed by atoms with E-state index < -0.39 is 6.10 Å². The van der Waals surface area contributed by atoms with Crippen molar-refractivity contribution in [3.05, 3.63) is 58.7 Å². The van der Waals surface area contributed by atoms with Crippen LogP contribution in [-0.2, 0) is 12.8 Å². The lowest BCUT2D eigenvalue weighted by Gasteiger charge is -2.21. The smallest absolute Gasteiger partial charge is 0.105 e. The van der Waals surface area contributed by atoms with Crippen LogP contribution in [0.4, 0.5) is 0 Å². The van der Waals surface area contributed by atoms with E-state index in [1.807, 2.05) is 0 Å². The summed E-state index contributed by atoms with van der Waals surface area (Å²) in [5.41, 5.74) is 7.42. The first kappa shape index (κ1) is 32.8. The molecule has 1 N–H and O–H groups in total. The molecule has 0 saturated carbocycles. The zero-order valence-electron chi connectivity index (χ0n) is 26.5. The lowest BCUT2D eigenvalue weighted by Crippen LogP contribution is -2.27. The second kappa shape index (κ2) is 18.7. The van der Waals surface area contributed by atoms with Crippen molar-refractivity contribution in [2.24, 2.45) is 0 Å². The second-order valence-corrected chi connectivity index (χ2v) is 12.3. The van der Waals surface area contributed by atoms with E-state index in [0.717, 1.165) is 24.0 Å². The number of hydrogen-bond acceptors (Lipinski definition) is 3. The van der Waals surface area contributed by atoms with E-state index in [2.05, 4.69) is 73.9 Å². The molecule has 40 heavy (non-hydrogen) atoms. The Balaban J connectivity index is 1.49. The summed E-state index contributed by atoms with van der Waals surface area (Å²) < 4.78 is 0. The van der Waals surface area contributed by atoms with Gasteiger partial charge in [-0.15, -0.1) is 0 Å². The van der Waals surface area contributed by atoms with Crippen molar-refractivity contribution in [3.63, 3.8) is 0 Å². The summed E-state index contributed by atoms with van der Waals surface area (Å²) in [6.07, 6.45) is 17.0. The quantitative estimate of drug-likeness (QED) is 0.149. The summed E-state index contributed by atoms with van der Waals surface area (Å²) in [5, 5.41) is 11.3. The summed E-state index contributed by atoms with van der Waals surface area (Å²) in [6.45, 7) is 16.6.